The molecule has 7 heteroatoms. The van der Waals surface area contributed by atoms with Gasteiger partial charge in [0, 0.05) is 0 Å². The molecule has 2 N–H and O–H groups in total. The molecule has 1 aromatic heterocycles. The number of nitrogens with two attached hydrogens (primary N) is 1. The molecule has 0 spiro atoms. The highest BCUT2D eigenvalue weighted by molar-refractivity contribution is 5.46. The van der Waals surface area contributed by atoms with Crippen molar-refractivity contribution in [3.8, 4) is 5.88 Å². The maximum absolute atomic E-state index is 12.4. The molecule has 0 amide bonds. The molecule has 0 bridgehead atoms. The smallest absolute Gasteiger partial charge is 0.410 e. The van der Waals surface area contributed by atoms with Crippen LogP contribution in [0.4, 0.5) is 18.9 Å². The van der Waals surface area contributed by atoms with Gasteiger partial charge in [0.1, 0.15) is 11.7 Å². The van der Waals surface area contributed by atoms with E-state index in [9.17, 15) is 13.2 Å². The van der Waals surface area contributed by atoms with Crippen molar-refractivity contribution < 1.29 is 17.9 Å². The van der Waals surface area contributed by atoms with Crippen LogP contribution in [0.2, 0.25) is 0 Å². The quantitative estimate of drug-likeness (QED) is 0.878. The standard InChI is InChI=1S/C9H14F3N3O/c1-5(2)16-8-7(13)4-15(14-8)6(3)9(10,11)12/h4-6H,13H2,1-3H3. The Balaban J connectivity index is 2.92. The number of anilines is 1. The lowest BCUT2D eigenvalue weighted by atomic mass is 10.3. The number of rotatable bonds is 3. The van der Waals surface area contributed by atoms with E-state index in [1.807, 2.05) is 0 Å². The average Bonchev–Trinajstić information content (AvgIpc) is 2.44. The molecule has 1 aromatic rings. The molecular weight excluding hydrogens is 223 g/mol. The molecule has 1 atom stereocenters. The Kier molecular flexibility index (Phi) is 3.35. The van der Waals surface area contributed by atoms with E-state index in [0.717, 1.165) is 17.8 Å². The summed E-state index contributed by atoms with van der Waals surface area (Å²) in [6, 6.07) is -1.72. The minimum Gasteiger partial charge on any atom is -0.472 e. The number of halogens is 3. The first-order valence-corrected chi connectivity index (χ1v) is 4.79. The summed E-state index contributed by atoms with van der Waals surface area (Å²) in [7, 11) is 0. The molecule has 16 heavy (non-hydrogen) atoms. The van der Waals surface area contributed by atoms with Gasteiger partial charge >= 0.3 is 6.18 Å². The predicted octanol–water partition coefficient (Wildman–Crippen LogP) is 2.38. The van der Waals surface area contributed by atoms with Crippen LogP contribution in [0.1, 0.15) is 26.8 Å². The first-order valence-electron chi connectivity index (χ1n) is 4.79. The van der Waals surface area contributed by atoms with E-state index in [0.29, 0.717) is 0 Å². The molecular formula is C9H14F3N3O. The Bertz CT molecular complexity index is 359. The topological polar surface area (TPSA) is 53.1 Å². The van der Waals surface area contributed by atoms with E-state index >= 15 is 0 Å². The van der Waals surface area contributed by atoms with Crippen molar-refractivity contribution in [1.29, 1.82) is 0 Å². The zero-order chi connectivity index (χ0) is 12.5. The van der Waals surface area contributed by atoms with Crippen LogP contribution in [0, 0.1) is 0 Å². The van der Waals surface area contributed by atoms with E-state index in [2.05, 4.69) is 5.10 Å². The summed E-state index contributed by atoms with van der Waals surface area (Å²) in [5.41, 5.74) is 5.60. The second-order valence-corrected chi connectivity index (χ2v) is 3.75. The van der Waals surface area contributed by atoms with Crippen molar-refractivity contribution in [2.24, 2.45) is 0 Å². The van der Waals surface area contributed by atoms with Crippen LogP contribution in [0.25, 0.3) is 0 Å². The fourth-order valence-electron chi connectivity index (χ4n) is 1.05. The summed E-state index contributed by atoms with van der Waals surface area (Å²) >= 11 is 0. The molecule has 0 saturated carbocycles. The second-order valence-electron chi connectivity index (χ2n) is 3.75. The molecule has 0 aliphatic carbocycles. The van der Waals surface area contributed by atoms with Crippen LogP contribution in [-0.2, 0) is 0 Å². The van der Waals surface area contributed by atoms with Crippen LogP contribution < -0.4 is 10.5 Å². The summed E-state index contributed by atoms with van der Waals surface area (Å²) in [5.74, 6) is 0.0334. The fraction of sp³-hybridized carbons (Fsp3) is 0.667. The molecule has 1 unspecified atom stereocenters. The zero-order valence-corrected chi connectivity index (χ0v) is 9.25. The normalized spacial score (nSPS) is 14.2. The Morgan fingerprint density at radius 1 is 1.38 bits per heavy atom. The third-order valence-electron chi connectivity index (χ3n) is 1.94. The van der Waals surface area contributed by atoms with Gasteiger partial charge in [-0.3, -0.25) is 4.68 Å². The highest BCUT2D eigenvalue weighted by atomic mass is 19.4. The Hall–Kier alpha value is -1.40. The SMILES string of the molecule is CC(C)Oc1nn(C(C)C(F)(F)F)cc1N. The van der Waals surface area contributed by atoms with Gasteiger partial charge in [-0.25, -0.2) is 0 Å². The molecule has 0 fully saturated rings. The number of ether oxygens (including phenoxy) is 1. The van der Waals surface area contributed by atoms with Crippen molar-refractivity contribution in [2.75, 3.05) is 5.73 Å². The number of hydrogen-bond acceptors (Lipinski definition) is 3. The molecule has 4 nitrogen and oxygen atoms in total. The van der Waals surface area contributed by atoms with Crippen molar-refractivity contribution in [1.82, 2.24) is 9.78 Å². The highest BCUT2D eigenvalue weighted by Crippen LogP contribution is 2.32. The maximum atomic E-state index is 12.4. The number of nitrogens with zero attached hydrogens (tertiary/aromatic N) is 2. The molecule has 0 aromatic carbocycles. The summed E-state index contributed by atoms with van der Waals surface area (Å²) in [6.45, 7) is 4.49. The van der Waals surface area contributed by atoms with E-state index < -0.39 is 12.2 Å². The third kappa shape index (κ3) is 2.80. The van der Waals surface area contributed by atoms with Crippen LogP contribution in [0.15, 0.2) is 6.20 Å². The Morgan fingerprint density at radius 3 is 2.38 bits per heavy atom. The number of aromatic nitrogens is 2. The number of alkyl halides is 3. The Morgan fingerprint density at radius 2 is 1.94 bits per heavy atom. The van der Waals surface area contributed by atoms with Gasteiger partial charge in [0.2, 0.25) is 0 Å². The molecule has 92 valence electrons. The fourth-order valence-corrected chi connectivity index (χ4v) is 1.05. The van der Waals surface area contributed by atoms with Gasteiger partial charge in [-0.05, 0) is 20.8 Å². The predicted molar refractivity (Wildman–Crippen MR) is 53.2 cm³/mol. The first kappa shape index (κ1) is 12.7. The molecule has 1 heterocycles. The van der Waals surface area contributed by atoms with E-state index in [-0.39, 0.29) is 17.7 Å². The van der Waals surface area contributed by atoms with Gasteiger partial charge in [-0.1, -0.05) is 0 Å². The van der Waals surface area contributed by atoms with Gasteiger partial charge in [0.15, 0.2) is 0 Å². The number of hydrogen-bond donors (Lipinski definition) is 1. The molecule has 0 saturated heterocycles. The lowest BCUT2D eigenvalue weighted by Crippen LogP contribution is -2.24. The second kappa shape index (κ2) is 4.23. The van der Waals surface area contributed by atoms with Gasteiger partial charge < -0.3 is 10.5 Å². The van der Waals surface area contributed by atoms with E-state index in [1.54, 1.807) is 13.8 Å². The van der Waals surface area contributed by atoms with Gasteiger partial charge in [-0.15, -0.1) is 5.10 Å². The van der Waals surface area contributed by atoms with E-state index in [1.165, 1.54) is 0 Å². The Labute approximate surface area is 91.2 Å². The third-order valence-corrected chi connectivity index (χ3v) is 1.94. The number of nitrogen functional groups attached to an aromatic ring is 1. The zero-order valence-electron chi connectivity index (χ0n) is 9.25. The minimum atomic E-state index is -4.35. The summed E-state index contributed by atoms with van der Waals surface area (Å²) in [5, 5.41) is 3.67. The van der Waals surface area contributed by atoms with Crippen LogP contribution in [0.5, 0.6) is 5.88 Å². The lowest BCUT2D eigenvalue weighted by molar-refractivity contribution is -0.165. The van der Waals surface area contributed by atoms with Gasteiger partial charge in [0.05, 0.1) is 12.3 Å². The largest absolute Gasteiger partial charge is 0.472 e. The summed E-state index contributed by atoms with van der Waals surface area (Å²) in [6.07, 6.45) is -3.42. The van der Waals surface area contributed by atoms with Crippen molar-refractivity contribution in [2.45, 2.75) is 39.1 Å². The van der Waals surface area contributed by atoms with Crippen molar-refractivity contribution >= 4 is 5.69 Å². The average molecular weight is 237 g/mol. The first-order chi connectivity index (χ1) is 7.21. The molecule has 0 radical (unpaired) electrons. The molecule has 1 rings (SSSR count). The summed E-state index contributed by atoms with van der Waals surface area (Å²) < 4.78 is 43.1. The highest BCUT2D eigenvalue weighted by Gasteiger charge is 2.38. The van der Waals surface area contributed by atoms with Gasteiger partial charge in [-0.2, -0.15) is 13.2 Å². The molecule has 0 aliphatic heterocycles. The van der Waals surface area contributed by atoms with Crippen molar-refractivity contribution in [3.05, 3.63) is 6.20 Å². The van der Waals surface area contributed by atoms with E-state index in [4.69, 9.17) is 10.5 Å². The van der Waals surface area contributed by atoms with Crippen LogP contribution in [0.3, 0.4) is 0 Å². The van der Waals surface area contributed by atoms with Crippen LogP contribution in [-0.4, -0.2) is 22.1 Å². The summed E-state index contributed by atoms with van der Waals surface area (Å²) in [4.78, 5) is 0. The maximum Gasteiger partial charge on any atom is 0.410 e. The minimum absolute atomic E-state index is 0.0334. The van der Waals surface area contributed by atoms with Crippen molar-refractivity contribution in [3.63, 3.8) is 0 Å². The van der Waals surface area contributed by atoms with Gasteiger partial charge in [0.25, 0.3) is 5.88 Å². The monoisotopic (exact) mass is 237 g/mol. The lowest BCUT2D eigenvalue weighted by Gasteiger charge is -2.15. The molecule has 0 aliphatic rings. The van der Waals surface area contributed by atoms with Crippen LogP contribution >= 0.6 is 0 Å².